The van der Waals surface area contributed by atoms with E-state index >= 15 is 0 Å². The van der Waals surface area contributed by atoms with Gasteiger partial charge in [0.1, 0.15) is 12.4 Å². The highest BCUT2D eigenvalue weighted by Gasteiger charge is 2.13. The predicted molar refractivity (Wildman–Crippen MR) is 80.9 cm³/mol. The number of halogens is 2. The lowest BCUT2D eigenvalue weighted by Crippen LogP contribution is -2.07. The first kappa shape index (κ1) is 14.4. The Labute approximate surface area is 126 Å². The third-order valence-electron chi connectivity index (χ3n) is 2.95. The second-order valence-electron chi connectivity index (χ2n) is 4.36. The van der Waals surface area contributed by atoms with Crippen LogP contribution in [-0.4, -0.2) is 9.78 Å². The summed E-state index contributed by atoms with van der Waals surface area (Å²) in [5.74, 6) is 0.845. The van der Waals surface area contributed by atoms with Gasteiger partial charge < -0.3 is 4.74 Å². The van der Waals surface area contributed by atoms with E-state index in [1.807, 2.05) is 36.7 Å². The molecular weight excluding hydrogens is 328 g/mol. The molecule has 0 bridgehead atoms. The minimum absolute atomic E-state index is 0.484. The van der Waals surface area contributed by atoms with Crippen LogP contribution in [0.25, 0.3) is 0 Å². The molecule has 0 saturated carbocycles. The molecule has 0 aliphatic rings. The molecule has 2 rings (SSSR count). The maximum Gasteiger partial charge on any atom is 0.131 e. The largest absolute Gasteiger partial charge is 0.487 e. The summed E-state index contributed by atoms with van der Waals surface area (Å²) in [5, 5.41) is 5.17. The third kappa shape index (κ3) is 3.12. The molecule has 19 heavy (non-hydrogen) atoms. The van der Waals surface area contributed by atoms with Gasteiger partial charge >= 0.3 is 0 Å². The van der Waals surface area contributed by atoms with Crippen molar-refractivity contribution in [3.63, 3.8) is 0 Å². The highest BCUT2D eigenvalue weighted by molar-refractivity contribution is 9.10. The molecule has 0 aliphatic carbocycles. The first-order valence-electron chi connectivity index (χ1n) is 6.13. The zero-order chi connectivity index (χ0) is 14.0. The predicted octanol–water partition coefficient (Wildman–Crippen LogP) is 4.51. The van der Waals surface area contributed by atoms with Crippen LogP contribution in [0.3, 0.4) is 0 Å². The Balaban J connectivity index is 2.18. The monoisotopic (exact) mass is 342 g/mol. The molecule has 2 aromatic rings. The van der Waals surface area contributed by atoms with E-state index in [1.165, 1.54) is 0 Å². The molecule has 0 aliphatic heterocycles. The van der Waals surface area contributed by atoms with E-state index in [0.717, 1.165) is 38.7 Å². The van der Waals surface area contributed by atoms with Crippen molar-refractivity contribution < 1.29 is 4.74 Å². The Morgan fingerprint density at radius 2 is 2.11 bits per heavy atom. The van der Waals surface area contributed by atoms with Gasteiger partial charge in [0.2, 0.25) is 0 Å². The van der Waals surface area contributed by atoms with Crippen LogP contribution in [0.4, 0.5) is 0 Å². The minimum atomic E-state index is 0.484. The number of hydrogen-bond acceptors (Lipinski definition) is 2. The molecule has 102 valence electrons. The van der Waals surface area contributed by atoms with Crippen LogP contribution in [-0.2, 0) is 13.2 Å². The average molecular weight is 344 g/mol. The van der Waals surface area contributed by atoms with Crippen molar-refractivity contribution >= 4 is 27.5 Å². The topological polar surface area (TPSA) is 27.1 Å². The molecule has 0 unspecified atom stereocenters. The standard InChI is InChI=1S/C14H16BrClN2O/c1-4-18-12(14(15)10(3)17-18)8-19-13-6-5-11(16)7-9(13)2/h5-7H,4,8H2,1-3H3. The summed E-state index contributed by atoms with van der Waals surface area (Å²) in [5.41, 5.74) is 3.06. The van der Waals surface area contributed by atoms with E-state index in [9.17, 15) is 0 Å². The molecule has 1 heterocycles. The van der Waals surface area contributed by atoms with E-state index in [0.29, 0.717) is 6.61 Å². The fraction of sp³-hybridized carbons (Fsp3) is 0.357. The summed E-state index contributed by atoms with van der Waals surface area (Å²) in [6, 6.07) is 5.63. The van der Waals surface area contributed by atoms with E-state index in [2.05, 4.69) is 28.0 Å². The van der Waals surface area contributed by atoms with Crippen molar-refractivity contribution in [3.8, 4) is 5.75 Å². The fourth-order valence-electron chi connectivity index (χ4n) is 1.93. The Morgan fingerprint density at radius 3 is 2.74 bits per heavy atom. The number of aryl methyl sites for hydroxylation is 3. The third-order valence-corrected chi connectivity index (χ3v) is 4.22. The number of aromatic nitrogens is 2. The van der Waals surface area contributed by atoms with Crippen LogP contribution in [0.15, 0.2) is 22.7 Å². The van der Waals surface area contributed by atoms with Crippen molar-refractivity contribution in [2.45, 2.75) is 33.9 Å². The molecule has 0 amide bonds. The van der Waals surface area contributed by atoms with Crippen LogP contribution < -0.4 is 4.74 Å². The quantitative estimate of drug-likeness (QED) is 0.816. The molecule has 3 nitrogen and oxygen atoms in total. The molecular formula is C14H16BrClN2O. The van der Waals surface area contributed by atoms with Gasteiger partial charge in [0.25, 0.3) is 0 Å². The van der Waals surface area contributed by atoms with Gasteiger partial charge in [0, 0.05) is 11.6 Å². The lowest BCUT2D eigenvalue weighted by Gasteiger charge is -2.10. The van der Waals surface area contributed by atoms with Gasteiger partial charge in [-0.2, -0.15) is 5.10 Å². The average Bonchev–Trinajstić information content (AvgIpc) is 2.65. The first-order valence-corrected chi connectivity index (χ1v) is 7.30. The van der Waals surface area contributed by atoms with Crippen molar-refractivity contribution in [2.75, 3.05) is 0 Å². The van der Waals surface area contributed by atoms with Crippen LogP contribution >= 0.6 is 27.5 Å². The van der Waals surface area contributed by atoms with Gasteiger partial charge in [-0.3, -0.25) is 4.68 Å². The number of rotatable bonds is 4. The zero-order valence-electron chi connectivity index (χ0n) is 11.2. The summed E-state index contributed by atoms with van der Waals surface area (Å²) in [6.45, 7) is 7.34. The van der Waals surface area contributed by atoms with E-state index < -0.39 is 0 Å². The summed E-state index contributed by atoms with van der Waals surface area (Å²) in [6.07, 6.45) is 0. The molecule has 0 N–H and O–H groups in total. The van der Waals surface area contributed by atoms with Crippen molar-refractivity contribution in [3.05, 3.63) is 44.6 Å². The van der Waals surface area contributed by atoms with Crippen LogP contribution in [0.2, 0.25) is 5.02 Å². The molecule has 0 spiro atoms. The summed E-state index contributed by atoms with van der Waals surface area (Å²) >= 11 is 9.49. The van der Waals surface area contributed by atoms with Crippen LogP contribution in [0, 0.1) is 13.8 Å². The van der Waals surface area contributed by atoms with Gasteiger partial charge in [0.15, 0.2) is 0 Å². The van der Waals surface area contributed by atoms with Gasteiger partial charge in [-0.05, 0) is 60.5 Å². The highest BCUT2D eigenvalue weighted by Crippen LogP contribution is 2.25. The second-order valence-corrected chi connectivity index (χ2v) is 5.59. The van der Waals surface area contributed by atoms with Gasteiger partial charge in [0.05, 0.1) is 15.9 Å². The minimum Gasteiger partial charge on any atom is -0.487 e. The smallest absolute Gasteiger partial charge is 0.131 e. The van der Waals surface area contributed by atoms with Crippen LogP contribution in [0.5, 0.6) is 5.75 Å². The molecule has 0 saturated heterocycles. The Bertz CT molecular complexity index is 595. The molecule has 0 atom stereocenters. The van der Waals surface area contributed by atoms with E-state index in [4.69, 9.17) is 16.3 Å². The Kier molecular flexibility index (Phi) is 4.53. The number of hydrogen-bond donors (Lipinski definition) is 0. The van der Waals surface area contributed by atoms with Gasteiger partial charge in [-0.15, -0.1) is 0 Å². The maximum absolute atomic E-state index is 5.93. The molecule has 1 aromatic heterocycles. The molecule has 1 aromatic carbocycles. The Hall–Kier alpha value is -1.00. The van der Waals surface area contributed by atoms with Crippen molar-refractivity contribution in [1.82, 2.24) is 9.78 Å². The number of benzene rings is 1. The highest BCUT2D eigenvalue weighted by atomic mass is 79.9. The van der Waals surface area contributed by atoms with E-state index in [1.54, 1.807) is 0 Å². The molecule has 0 radical (unpaired) electrons. The van der Waals surface area contributed by atoms with E-state index in [-0.39, 0.29) is 0 Å². The maximum atomic E-state index is 5.93. The van der Waals surface area contributed by atoms with Gasteiger partial charge in [-0.1, -0.05) is 11.6 Å². The first-order chi connectivity index (χ1) is 9.02. The number of ether oxygens (including phenoxy) is 1. The van der Waals surface area contributed by atoms with Crippen LogP contribution in [0.1, 0.15) is 23.9 Å². The molecule has 0 fully saturated rings. The normalized spacial score (nSPS) is 10.8. The second kappa shape index (κ2) is 5.97. The summed E-state index contributed by atoms with van der Waals surface area (Å²) in [7, 11) is 0. The van der Waals surface area contributed by atoms with Crippen molar-refractivity contribution in [1.29, 1.82) is 0 Å². The number of nitrogens with zero attached hydrogens (tertiary/aromatic N) is 2. The van der Waals surface area contributed by atoms with Gasteiger partial charge in [-0.25, -0.2) is 0 Å². The Morgan fingerprint density at radius 1 is 1.37 bits per heavy atom. The van der Waals surface area contributed by atoms with Crippen molar-refractivity contribution in [2.24, 2.45) is 0 Å². The fourth-order valence-corrected chi connectivity index (χ4v) is 2.55. The zero-order valence-corrected chi connectivity index (χ0v) is 13.5. The molecule has 5 heteroatoms. The lowest BCUT2D eigenvalue weighted by molar-refractivity contribution is 0.290. The SMILES string of the molecule is CCn1nc(C)c(Br)c1COc1ccc(Cl)cc1C. The lowest BCUT2D eigenvalue weighted by atomic mass is 10.2. The summed E-state index contributed by atoms with van der Waals surface area (Å²) < 4.78 is 8.83. The summed E-state index contributed by atoms with van der Waals surface area (Å²) in [4.78, 5) is 0.